The lowest BCUT2D eigenvalue weighted by Crippen LogP contribution is -1.97. The fraction of sp³-hybridized carbons (Fsp3) is 0.625. The summed E-state index contributed by atoms with van der Waals surface area (Å²) >= 11 is 1.42. The molecule has 0 amide bonds. The van der Waals surface area contributed by atoms with Crippen molar-refractivity contribution >= 4 is 11.5 Å². The Hall–Kier alpha value is -0.410. The van der Waals surface area contributed by atoms with E-state index in [0.29, 0.717) is 5.92 Å². The summed E-state index contributed by atoms with van der Waals surface area (Å²) in [5, 5.41) is 10.8. The third-order valence-electron chi connectivity index (χ3n) is 1.50. The molecule has 0 saturated carbocycles. The van der Waals surface area contributed by atoms with E-state index in [1.807, 2.05) is 5.38 Å². The van der Waals surface area contributed by atoms with E-state index < -0.39 is 0 Å². The number of aliphatic hydroxyl groups is 1. The SMILES string of the molecule is CC(C)Cc1nscc1CO. The molecule has 0 aliphatic rings. The molecule has 1 N–H and O–H groups in total. The molecule has 2 nitrogen and oxygen atoms in total. The minimum atomic E-state index is 0.124. The predicted molar refractivity (Wildman–Crippen MR) is 46.6 cm³/mol. The van der Waals surface area contributed by atoms with Crippen molar-refractivity contribution in [3.63, 3.8) is 0 Å². The first-order chi connectivity index (χ1) is 5.24. The summed E-state index contributed by atoms with van der Waals surface area (Å²) in [5.74, 6) is 0.613. The Morgan fingerprint density at radius 1 is 1.64 bits per heavy atom. The van der Waals surface area contributed by atoms with Crippen molar-refractivity contribution in [1.29, 1.82) is 0 Å². The van der Waals surface area contributed by atoms with Gasteiger partial charge in [-0.2, -0.15) is 4.37 Å². The van der Waals surface area contributed by atoms with Crippen LogP contribution in [0.3, 0.4) is 0 Å². The van der Waals surface area contributed by atoms with Crippen molar-refractivity contribution in [3.8, 4) is 0 Å². The number of hydrogen-bond donors (Lipinski definition) is 1. The summed E-state index contributed by atoms with van der Waals surface area (Å²) in [4.78, 5) is 0. The number of aliphatic hydroxyl groups excluding tert-OH is 1. The van der Waals surface area contributed by atoms with E-state index in [2.05, 4.69) is 18.2 Å². The molecule has 0 spiro atoms. The molecule has 1 rings (SSSR count). The standard InChI is InChI=1S/C8H13NOS/c1-6(2)3-8-7(4-10)5-11-9-8/h5-6,10H,3-4H2,1-2H3. The first kappa shape index (κ1) is 8.68. The van der Waals surface area contributed by atoms with Crippen LogP contribution in [0.2, 0.25) is 0 Å². The fourth-order valence-electron chi connectivity index (χ4n) is 0.964. The van der Waals surface area contributed by atoms with Gasteiger partial charge in [-0.1, -0.05) is 13.8 Å². The quantitative estimate of drug-likeness (QED) is 0.752. The van der Waals surface area contributed by atoms with E-state index >= 15 is 0 Å². The summed E-state index contributed by atoms with van der Waals surface area (Å²) in [6.45, 7) is 4.43. The molecule has 1 aromatic heterocycles. The topological polar surface area (TPSA) is 33.1 Å². The van der Waals surface area contributed by atoms with Crippen molar-refractivity contribution < 1.29 is 5.11 Å². The molecule has 0 aliphatic heterocycles. The van der Waals surface area contributed by atoms with E-state index in [9.17, 15) is 0 Å². The van der Waals surface area contributed by atoms with Gasteiger partial charge in [-0.05, 0) is 23.9 Å². The molecule has 0 radical (unpaired) electrons. The molecule has 0 aromatic carbocycles. The molecule has 0 saturated heterocycles. The van der Waals surface area contributed by atoms with E-state index in [4.69, 9.17) is 5.11 Å². The second-order valence-corrected chi connectivity index (χ2v) is 3.67. The maximum Gasteiger partial charge on any atom is 0.0708 e. The van der Waals surface area contributed by atoms with Crippen molar-refractivity contribution in [2.75, 3.05) is 0 Å². The molecule has 0 fully saturated rings. The van der Waals surface area contributed by atoms with Gasteiger partial charge >= 0.3 is 0 Å². The molecule has 1 heterocycles. The highest BCUT2D eigenvalue weighted by molar-refractivity contribution is 7.03. The van der Waals surface area contributed by atoms with Gasteiger partial charge in [0.2, 0.25) is 0 Å². The molecule has 0 unspecified atom stereocenters. The highest BCUT2D eigenvalue weighted by Gasteiger charge is 2.05. The summed E-state index contributed by atoms with van der Waals surface area (Å²) in [6.07, 6.45) is 0.972. The van der Waals surface area contributed by atoms with Crippen molar-refractivity contribution in [2.45, 2.75) is 26.9 Å². The maximum absolute atomic E-state index is 8.89. The van der Waals surface area contributed by atoms with E-state index in [-0.39, 0.29) is 6.61 Å². The predicted octanol–water partition coefficient (Wildman–Crippen LogP) is 1.83. The largest absolute Gasteiger partial charge is 0.392 e. The zero-order valence-corrected chi connectivity index (χ0v) is 7.69. The maximum atomic E-state index is 8.89. The monoisotopic (exact) mass is 171 g/mol. The van der Waals surface area contributed by atoms with Crippen LogP contribution in [0.5, 0.6) is 0 Å². The van der Waals surface area contributed by atoms with Gasteiger partial charge in [0.25, 0.3) is 0 Å². The fourth-order valence-corrected chi connectivity index (χ4v) is 1.67. The molecule has 0 bridgehead atoms. The van der Waals surface area contributed by atoms with Crippen molar-refractivity contribution in [1.82, 2.24) is 4.37 Å². The van der Waals surface area contributed by atoms with Crippen LogP contribution in [-0.4, -0.2) is 9.48 Å². The van der Waals surface area contributed by atoms with Gasteiger partial charge in [0.05, 0.1) is 12.3 Å². The normalized spacial score (nSPS) is 10.9. The van der Waals surface area contributed by atoms with E-state index in [1.54, 1.807) is 0 Å². The summed E-state index contributed by atoms with van der Waals surface area (Å²) in [5.41, 5.74) is 2.05. The second-order valence-electron chi connectivity index (χ2n) is 3.04. The van der Waals surface area contributed by atoms with Crippen LogP contribution in [0.4, 0.5) is 0 Å². The van der Waals surface area contributed by atoms with Crippen LogP contribution in [0, 0.1) is 5.92 Å². The highest BCUT2D eigenvalue weighted by Crippen LogP contribution is 2.14. The summed E-state index contributed by atoms with van der Waals surface area (Å²) in [7, 11) is 0. The lowest BCUT2D eigenvalue weighted by Gasteiger charge is -2.01. The minimum Gasteiger partial charge on any atom is -0.392 e. The molecule has 0 aliphatic carbocycles. The Morgan fingerprint density at radius 2 is 2.36 bits per heavy atom. The zero-order valence-electron chi connectivity index (χ0n) is 6.87. The molecule has 0 atom stereocenters. The van der Waals surface area contributed by atoms with Gasteiger partial charge in [0.1, 0.15) is 0 Å². The van der Waals surface area contributed by atoms with E-state index in [1.165, 1.54) is 11.5 Å². The van der Waals surface area contributed by atoms with Crippen LogP contribution >= 0.6 is 11.5 Å². The number of rotatable bonds is 3. The molecular weight excluding hydrogens is 158 g/mol. The average Bonchev–Trinajstić information content (AvgIpc) is 2.34. The van der Waals surface area contributed by atoms with Crippen LogP contribution in [0.15, 0.2) is 5.38 Å². The van der Waals surface area contributed by atoms with Crippen LogP contribution < -0.4 is 0 Å². The molecular formula is C8H13NOS. The van der Waals surface area contributed by atoms with Crippen LogP contribution in [0.1, 0.15) is 25.1 Å². The Balaban J connectivity index is 2.68. The Kier molecular flexibility index (Phi) is 3.02. The van der Waals surface area contributed by atoms with Crippen molar-refractivity contribution in [2.24, 2.45) is 5.92 Å². The Morgan fingerprint density at radius 3 is 2.91 bits per heavy atom. The molecule has 62 valence electrons. The molecule has 1 aromatic rings. The zero-order chi connectivity index (χ0) is 8.27. The van der Waals surface area contributed by atoms with Crippen LogP contribution in [-0.2, 0) is 13.0 Å². The Labute approximate surface area is 71.1 Å². The van der Waals surface area contributed by atoms with Crippen molar-refractivity contribution in [3.05, 3.63) is 16.6 Å². The van der Waals surface area contributed by atoms with Crippen LogP contribution in [0.25, 0.3) is 0 Å². The average molecular weight is 171 g/mol. The second kappa shape index (κ2) is 3.83. The van der Waals surface area contributed by atoms with Gasteiger partial charge in [0.15, 0.2) is 0 Å². The van der Waals surface area contributed by atoms with E-state index in [0.717, 1.165) is 17.7 Å². The lowest BCUT2D eigenvalue weighted by molar-refractivity contribution is 0.280. The third kappa shape index (κ3) is 2.27. The molecule has 3 heteroatoms. The number of aromatic nitrogens is 1. The summed E-state index contributed by atoms with van der Waals surface area (Å²) in [6, 6.07) is 0. The Bertz CT molecular complexity index is 220. The number of nitrogens with zero attached hydrogens (tertiary/aromatic N) is 1. The first-order valence-electron chi connectivity index (χ1n) is 3.77. The number of hydrogen-bond acceptors (Lipinski definition) is 3. The van der Waals surface area contributed by atoms with Gasteiger partial charge in [-0.3, -0.25) is 0 Å². The lowest BCUT2D eigenvalue weighted by atomic mass is 10.1. The highest BCUT2D eigenvalue weighted by atomic mass is 32.1. The smallest absolute Gasteiger partial charge is 0.0708 e. The van der Waals surface area contributed by atoms with Gasteiger partial charge in [-0.15, -0.1) is 0 Å². The van der Waals surface area contributed by atoms with Gasteiger partial charge < -0.3 is 5.11 Å². The third-order valence-corrected chi connectivity index (χ3v) is 2.22. The molecule has 11 heavy (non-hydrogen) atoms. The minimum absolute atomic E-state index is 0.124. The first-order valence-corrected chi connectivity index (χ1v) is 4.60. The van der Waals surface area contributed by atoms with Gasteiger partial charge in [-0.25, -0.2) is 0 Å². The summed E-state index contributed by atoms with van der Waals surface area (Å²) < 4.78 is 4.21. The van der Waals surface area contributed by atoms with Gasteiger partial charge in [0, 0.05) is 10.9 Å².